The summed E-state index contributed by atoms with van der Waals surface area (Å²) in [6.07, 6.45) is 2.27. The van der Waals surface area contributed by atoms with Crippen LogP contribution in [-0.2, 0) is 14.1 Å². The second-order valence-corrected chi connectivity index (χ2v) is 5.63. The predicted molar refractivity (Wildman–Crippen MR) is 78.2 cm³/mol. The van der Waals surface area contributed by atoms with Gasteiger partial charge in [-0.25, -0.2) is 9.48 Å². The van der Waals surface area contributed by atoms with Crippen LogP contribution in [0.15, 0.2) is 9.59 Å². The molecule has 1 N–H and O–H groups in total. The van der Waals surface area contributed by atoms with Gasteiger partial charge in [-0.15, -0.1) is 5.10 Å². The van der Waals surface area contributed by atoms with Crippen LogP contribution in [0.2, 0.25) is 0 Å². The minimum atomic E-state index is -0.401. The fourth-order valence-electron chi connectivity index (χ4n) is 2.55. The van der Waals surface area contributed by atoms with Gasteiger partial charge in [0.1, 0.15) is 0 Å². The molecule has 0 aromatic carbocycles. The Labute approximate surface area is 118 Å². The Bertz CT molecular complexity index is 583. The Kier molecular flexibility index (Phi) is 4.27. The van der Waals surface area contributed by atoms with Crippen molar-refractivity contribution >= 4 is 5.82 Å². The Morgan fingerprint density at radius 1 is 1.40 bits per heavy atom. The molecule has 0 radical (unpaired) electrons. The van der Waals surface area contributed by atoms with Crippen LogP contribution in [0.1, 0.15) is 26.7 Å². The molecule has 1 aromatic rings. The van der Waals surface area contributed by atoms with E-state index in [0.29, 0.717) is 11.9 Å². The zero-order valence-corrected chi connectivity index (χ0v) is 12.6. The minimum Gasteiger partial charge on any atom is -0.347 e. The molecule has 1 saturated heterocycles. The van der Waals surface area contributed by atoms with E-state index in [2.05, 4.69) is 10.4 Å². The quantitative estimate of drug-likeness (QED) is 0.801. The summed E-state index contributed by atoms with van der Waals surface area (Å²) in [5, 5.41) is 7.59. The maximum absolute atomic E-state index is 12.3. The maximum Gasteiger partial charge on any atom is 0.346 e. The first-order valence-corrected chi connectivity index (χ1v) is 7.06. The number of aromatic nitrogens is 3. The van der Waals surface area contributed by atoms with Gasteiger partial charge in [0.05, 0.1) is 0 Å². The first-order valence-electron chi connectivity index (χ1n) is 7.06. The number of anilines is 1. The molecule has 7 heteroatoms. The molecule has 2 heterocycles. The van der Waals surface area contributed by atoms with Gasteiger partial charge in [-0.3, -0.25) is 9.36 Å². The van der Waals surface area contributed by atoms with E-state index < -0.39 is 5.69 Å². The molecule has 1 aliphatic rings. The van der Waals surface area contributed by atoms with Gasteiger partial charge in [-0.2, -0.15) is 0 Å². The highest BCUT2D eigenvalue weighted by molar-refractivity contribution is 5.36. The molecule has 0 amide bonds. The largest absolute Gasteiger partial charge is 0.347 e. The lowest BCUT2D eigenvalue weighted by Crippen LogP contribution is -2.48. The third-order valence-electron chi connectivity index (χ3n) is 3.78. The van der Waals surface area contributed by atoms with E-state index in [4.69, 9.17) is 0 Å². The molecule has 1 unspecified atom stereocenters. The van der Waals surface area contributed by atoms with Crippen molar-refractivity contribution in [3.63, 3.8) is 0 Å². The minimum absolute atomic E-state index is 0.148. The van der Waals surface area contributed by atoms with E-state index in [-0.39, 0.29) is 11.6 Å². The van der Waals surface area contributed by atoms with Crippen molar-refractivity contribution in [2.24, 2.45) is 14.1 Å². The van der Waals surface area contributed by atoms with E-state index in [1.165, 1.54) is 11.7 Å². The number of hydrogen-bond donors (Lipinski definition) is 1. The summed E-state index contributed by atoms with van der Waals surface area (Å²) >= 11 is 0. The summed E-state index contributed by atoms with van der Waals surface area (Å²) in [6.45, 7) is 5.82. The molecule has 0 aliphatic carbocycles. The lowest BCUT2D eigenvalue weighted by atomic mass is 10.2. The molecule has 20 heavy (non-hydrogen) atoms. The van der Waals surface area contributed by atoms with Crippen LogP contribution in [0.5, 0.6) is 0 Å². The Morgan fingerprint density at radius 2 is 2.10 bits per heavy atom. The molecule has 1 atom stereocenters. The SMILES string of the molecule is CC(C)N(CC1CCCN1)c1nn(C)c(=O)n(C)c1=O. The molecule has 0 bridgehead atoms. The van der Waals surface area contributed by atoms with Gasteiger partial charge in [0.25, 0.3) is 5.56 Å². The van der Waals surface area contributed by atoms with Crippen LogP contribution in [0, 0.1) is 0 Å². The van der Waals surface area contributed by atoms with Crippen molar-refractivity contribution in [2.75, 3.05) is 18.0 Å². The van der Waals surface area contributed by atoms with Crippen molar-refractivity contribution in [1.29, 1.82) is 0 Å². The molecule has 1 aromatic heterocycles. The molecule has 1 fully saturated rings. The van der Waals surface area contributed by atoms with Crippen molar-refractivity contribution in [1.82, 2.24) is 19.7 Å². The number of rotatable bonds is 4. The fraction of sp³-hybridized carbons (Fsp3) is 0.769. The summed E-state index contributed by atoms with van der Waals surface area (Å²) in [4.78, 5) is 26.0. The number of nitrogens with one attached hydrogen (secondary N) is 1. The van der Waals surface area contributed by atoms with Gasteiger partial charge in [-0.1, -0.05) is 0 Å². The highest BCUT2D eigenvalue weighted by Crippen LogP contribution is 2.13. The van der Waals surface area contributed by atoms with Gasteiger partial charge in [0.2, 0.25) is 5.82 Å². The molecule has 1 aliphatic heterocycles. The van der Waals surface area contributed by atoms with Crippen LogP contribution in [-0.4, -0.2) is 39.5 Å². The lowest BCUT2D eigenvalue weighted by molar-refractivity contribution is 0.525. The van der Waals surface area contributed by atoms with E-state index >= 15 is 0 Å². The van der Waals surface area contributed by atoms with Gasteiger partial charge < -0.3 is 10.2 Å². The van der Waals surface area contributed by atoms with Crippen LogP contribution < -0.4 is 21.5 Å². The normalized spacial score (nSPS) is 18.8. The topological polar surface area (TPSA) is 72.2 Å². The summed E-state index contributed by atoms with van der Waals surface area (Å²) in [6, 6.07) is 0.524. The third-order valence-corrected chi connectivity index (χ3v) is 3.78. The van der Waals surface area contributed by atoms with Gasteiger partial charge >= 0.3 is 5.69 Å². The van der Waals surface area contributed by atoms with Gasteiger partial charge in [0.15, 0.2) is 0 Å². The smallest absolute Gasteiger partial charge is 0.346 e. The number of aryl methyl sites for hydroxylation is 1. The predicted octanol–water partition coefficient (Wildman–Crippen LogP) is -0.554. The molecule has 2 rings (SSSR count). The number of nitrogens with zero attached hydrogens (tertiary/aromatic N) is 4. The molecule has 7 nitrogen and oxygen atoms in total. The van der Waals surface area contributed by atoms with Crippen molar-refractivity contribution in [3.8, 4) is 0 Å². The van der Waals surface area contributed by atoms with E-state index in [1.54, 1.807) is 7.05 Å². The summed E-state index contributed by atoms with van der Waals surface area (Å²) < 4.78 is 2.33. The zero-order valence-electron chi connectivity index (χ0n) is 12.6. The standard InChI is InChI=1S/C13H23N5O2/c1-9(2)18(8-10-6-5-7-14-10)11-12(19)16(3)13(20)17(4)15-11/h9-10,14H,5-8H2,1-4H3. The van der Waals surface area contributed by atoms with Crippen molar-refractivity contribution in [2.45, 2.75) is 38.8 Å². The summed E-state index contributed by atoms with van der Waals surface area (Å²) in [7, 11) is 3.06. The van der Waals surface area contributed by atoms with Crippen molar-refractivity contribution < 1.29 is 0 Å². The van der Waals surface area contributed by atoms with Crippen molar-refractivity contribution in [3.05, 3.63) is 20.8 Å². The average Bonchev–Trinajstić information content (AvgIpc) is 2.91. The molecule has 112 valence electrons. The molecular weight excluding hydrogens is 258 g/mol. The highest BCUT2D eigenvalue weighted by atomic mass is 16.2. The molecule has 0 spiro atoms. The fourth-order valence-corrected chi connectivity index (χ4v) is 2.55. The highest BCUT2D eigenvalue weighted by Gasteiger charge is 2.24. The van der Waals surface area contributed by atoms with Crippen LogP contribution in [0.4, 0.5) is 5.82 Å². The lowest BCUT2D eigenvalue weighted by Gasteiger charge is -2.30. The first kappa shape index (κ1) is 14.8. The summed E-state index contributed by atoms with van der Waals surface area (Å²) in [5.74, 6) is 0.346. The zero-order chi connectivity index (χ0) is 14.9. The van der Waals surface area contributed by atoms with E-state index in [9.17, 15) is 9.59 Å². The molecular formula is C13H23N5O2. The second kappa shape index (κ2) is 5.78. The first-order chi connectivity index (χ1) is 9.41. The molecule has 0 saturated carbocycles. The number of hydrogen-bond acceptors (Lipinski definition) is 5. The monoisotopic (exact) mass is 281 g/mol. The summed E-state index contributed by atoms with van der Waals surface area (Å²) in [5.41, 5.74) is -0.735. The van der Waals surface area contributed by atoms with E-state index in [0.717, 1.165) is 30.5 Å². The Balaban J connectivity index is 2.39. The third kappa shape index (κ3) is 2.77. The Morgan fingerprint density at radius 3 is 2.65 bits per heavy atom. The van der Waals surface area contributed by atoms with Gasteiger partial charge in [0, 0.05) is 32.7 Å². The van der Waals surface area contributed by atoms with Crippen LogP contribution >= 0.6 is 0 Å². The maximum atomic E-state index is 12.3. The van der Waals surface area contributed by atoms with E-state index in [1.807, 2.05) is 18.7 Å². The van der Waals surface area contributed by atoms with Gasteiger partial charge in [-0.05, 0) is 33.2 Å². The average molecular weight is 281 g/mol. The van der Waals surface area contributed by atoms with Crippen LogP contribution in [0.25, 0.3) is 0 Å². The van der Waals surface area contributed by atoms with Crippen LogP contribution in [0.3, 0.4) is 0 Å². The second-order valence-electron chi connectivity index (χ2n) is 5.63. The Hall–Kier alpha value is -1.63.